The number of hydrogen-bond donors (Lipinski definition) is 2. The molecular weight excluding hydrogens is 145 g/mol. The van der Waals surface area contributed by atoms with E-state index in [9.17, 15) is 4.39 Å². The number of rotatable bonds is 0. The summed E-state index contributed by atoms with van der Waals surface area (Å²) in [5.41, 5.74) is 6.56. The zero-order valence-corrected chi connectivity index (χ0v) is 5.63. The molecule has 0 aliphatic rings. The lowest BCUT2D eigenvalue weighted by Gasteiger charge is -1.94. The summed E-state index contributed by atoms with van der Waals surface area (Å²) in [5, 5.41) is 7.10. The van der Waals surface area contributed by atoms with E-state index in [-0.39, 0.29) is 5.82 Å². The van der Waals surface area contributed by atoms with Crippen LogP contribution >= 0.6 is 0 Å². The standard InChI is InChI=1S/C7H6FN3/c8-5-1-4-3-10-11-7(4)6(9)2-5/h1-3H,9H2,(H,10,11). The minimum absolute atomic E-state index is 0.337. The molecule has 1 aromatic heterocycles. The normalized spacial score (nSPS) is 10.6. The Bertz CT molecular complexity index is 393. The van der Waals surface area contributed by atoms with Crippen molar-refractivity contribution in [2.24, 2.45) is 0 Å². The van der Waals surface area contributed by atoms with Gasteiger partial charge in [-0.3, -0.25) is 5.10 Å². The SMILES string of the molecule is Nc1cc(F)cc2cn[nH]c12. The second-order valence-corrected chi connectivity index (χ2v) is 2.33. The van der Waals surface area contributed by atoms with Gasteiger partial charge in [0, 0.05) is 5.39 Å². The van der Waals surface area contributed by atoms with Gasteiger partial charge in [-0.1, -0.05) is 0 Å². The molecule has 3 N–H and O–H groups in total. The molecule has 0 spiro atoms. The number of aromatic amines is 1. The van der Waals surface area contributed by atoms with E-state index in [1.807, 2.05) is 0 Å². The predicted molar refractivity (Wildman–Crippen MR) is 40.5 cm³/mol. The summed E-state index contributed by atoms with van der Waals surface area (Å²) in [6, 6.07) is 2.65. The highest BCUT2D eigenvalue weighted by Gasteiger charge is 2.01. The van der Waals surface area contributed by atoms with Crippen molar-refractivity contribution in [3.63, 3.8) is 0 Å². The molecule has 1 aromatic carbocycles. The molecule has 0 radical (unpaired) electrons. The Hall–Kier alpha value is -1.58. The molecule has 0 atom stereocenters. The summed E-state index contributed by atoms with van der Waals surface area (Å²) in [6.07, 6.45) is 1.54. The van der Waals surface area contributed by atoms with Gasteiger partial charge >= 0.3 is 0 Å². The lowest BCUT2D eigenvalue weighted by Crippen LogP contribution is -1.87. The fourth-order valence-corrected chi connectivity index (χ4v) is 1.05. The summed E-state index contributed by atoms with van der Waals surface area (Å²) in [5.74, 6) is -0.337. The molecule has 0 aliphatic carbocycles. The number of hydrogen-bond acceptors (Lipinski definition) is 2. The first-order valence-electron chi connectivity index (χ1n) is 3.15. The Morgan fingerprint density at radius 2 is 2.27 bits per heavy atom. The third-order valence-corrected chi connectivity index (χ3v) is 1.54. The number of nitrogens with two attached hydrogens (primary N) is 1. The van der Waals surface area contributed by atoms with Crippen molar-refractivity contribution in [1.29, 1.82) is 0 Å². The van der Waals surface area contributed by atoms with Crippen LogP contribution in [0.1, 0.15) is 0 Å². The van der Waals surface area contributed by atoms with Crippen LogP contribution in [-0.2, 0) is 0 Å². The van der Waals surface area contributed by atoms with Gasteiger partial charge < -0.3 is 5.73 Å². The molecule has 2 rings (SSSR count). The fraction of sp³-hybridized carbons (Fsp3) is 0. The van der Waals surface area contributed by atoms with E-state index in [1.165, 1.54) is 18.3 Å². The van der Waals surface area contributed by atoms with Crippen LogP contribution < -0.4 is 5.73 Å². The van der Waals surface area contributed by atoms with Gasteiger partial charge in [0.05, 0.1) is 17.4 Å². The number of nitrogens with zero attached hydrogens (tertiary/aromatic N) is 1. The van der Waals surface area contributed by atoms with Crippen LogP contribution in [0.25, 0.3) is 10.9 Å². The minimum Gasteiger partial charge on any atom is -0.397 e. The van der Waals surface area contributed by atoms with Crippen LogP contribution in [0.4, 0.5) is 10.1 Å². The summed E-state index contributed by atoms with van der Waals surface area (Å²) in [4.78, 5) is 0. The van der Waals surface area contributed by atoms with Crippen molar-refractivity contribution in [2.75, 3.05) is 5.73 Å². The molecule has 0 amide bonds. The third kappa shape index (κ3) is 0.832. The van der Waals surface area contributed by atoms with Gasteiger partial charge in [0.25, 0.3) is 0 Å². The fourth-order valence-electron chi connectivity index (χ4n) is 1.05. The van der Waals surface area contributed by atoms with E-state index >= 15 is 0 Å². The Morgan fingerprint density at radius 1 is 1.45 bits per heavy atom. The minimum atomic E-state index is -0.337. The van der Waals surface area contributed by atoms with Crippen LogP contribution in [0.2, 0.25) is 0 Å². The molecule has 1 heterocycles. The first-order valence-corrected chi connectivity index (χ1v) is 3.15. The Kier molecular flexibility index (Phi) is 1.09. The largest absolute Gasteiger partial charge is 0.397 e. The van der Waals surface area contributed by atoms with E-state index in [4.69, 9.17) is 5.73 Å². The molecule has 0 bridgehead atoms. The molecule has 0 fully saturated rings. The molecule has 56 valence electrons. The lowest BCUT2D eigenvalue weighted by atomic mass is 10.2. The predicted octanol–water partition coefficient (Wildman–Crippen LogP) is 1.28. The average Bonchev–Trinajstić information content (AvgIpc) is 2.34. The maximum Gasteiger partial charge on any atom is 0.126 e. The lowest BCUT2D eigenvalue weighted by molar-refractivity contribution is 0.630. The summed E-state index contributed by atoms with van der Waals surface area (Å²) in [6.45, 7) is 0. The Labute approximate surface area is 62.0 Å². The molecule has 2 aromatic rings. The number of H-pyrrole nitrogens is 1. The number of halogens is 1. The summed E-state index contributed by atoms with van der Waals surface area (Å²) in [7, 11) is 0. The topological polar surface area (TPSA) is 54.7 Å². The van der Waals surface area contributed by atoms with Crippen LogP contribution in [-0.4, -0.2) is 10.2 Å². The summed E-state index contributed by atoms with van der Waals surface area (Å²) >= 11 is 0. The monoisotopic (exact) mass is 151 g/mol. The van der Waals surface area contributed by atoms with Crippen LogP contribution in [0, 0.1) is 5.82 Å². The number of anilines is 1. The molecule has 4 heteroatoms. The van der Waals surface area contributed by atoms with Gasteiger partial charge in [-0.05, 0) is 12.1 Å². The van der Waals surface area contributed by atoms with Gasteiger partial charge in [-0.2, -0.15) is 5.10 Å². The molecule has 0 saturated carbocycles. The van der Waals surface area contributed by atoms with E-state index in [1.54, 1.807) is 0 Å². The number of nitrogen functional groups attached to an aromatic ring is 1. The van der Waals surface area contributed by atoms with E-state index in [0.29, 0.717) is 16.6 Å². The molecule has 11 heavy (non-hydrogen) atoms. The average molecular weight is 151 g/mol. The van der Waals surface area contributed by atoms with Crippen molar-refractivity contribution < 1.29 is 4.39 Å². The first kappa shape index (κ1) is 6.15. The number of nitrogens with one attached hydrogen (secondary N) is 1. The number of benzene rings is 1. The van der Waals surface area contributed by atoms with Gasteiger partial charge in [-0.15, -0.1) is 0 Å². The molecule has 0 aliphatic heterocycles. The van der Waals surface area contributed by atoms with E-state index in [2.05, 4.69) is 10.2 Å². The maximum absolute atomic E-state index is 12.7. The maximum atomic E-state index is 12.7. The van der Waals surface area contributed by atoms with Crippen molar-refractivity contribution in [1.82, 2.24) is 10.2 Å². The molecule has 0 unspecified atom stereocenters. The smallest absolute Gasteiger partial charge is 0.126 e. The van der Waals surface area contributed by atoms with Gasteiger partial charge in [0.2, 0.25) is 0 Å². The highest BCUT2D eigenvalue weighted by molar-refractivity contribution is 5.88. The first-order chi connectivity index (χ1) is 5.27. The number of aromatic nitrogens is 2. The molecular formula is C7H6FN3. The number of fused-ring (bicyclic) bond motifs is 1. The van der Waals surface area contributed by atoms with Crippen molar-refractivity contribution in [3.8, 4) is 0 Å². The van der Waals surface area contributed by atoms with Gasteiger partial charge in [-0.25, -0.2) is 4.39 Å². The van der Waals surface area contributed by atoms with Crippen molar-refractivity contribution >= 4 is 16.6 Å². The highest BCUT2D eigenvalue weighted by Crippen LogP contribution is 2.19. The van der Waals surface area contributed by atoms with E-state index in [0.717, 1.165) is 0 Å². The highest BCUT2D eigenvalue weighted by atomic mass is 19.1. The van der Waals surface area contributed by atoms with Gasteiger partial charge in [0.1, 0.15) is 5.82 Å². The van der Waals surface area contributed by atoms with Crippen LogP contribution in [0.15, 0.2) is 18.3 Å². The second-order valence-electron chi connectivity index (χ2n) is 2.33. The van der Waals surface area contributed by atoms with Crippen LogP contribution in [0.5, 0.6) is 0 Å². The van der Waals surface area contributed by atoms with Crippen molar-refractivity contribution in [2.45, 2.75) is 0 Å². The third-order valence-electron chi connectivity index (χ3n) is 1.54. The molecule has 0 saturated heterocycles. The zero-order valence-electron chi connectivity index (χ0n) is 5.63. The summed E-state index contributed by atoms with van der Waals surface area (Å²) < 4.78 is 12.7. The molecule has 3 nitrogen and oxygen atoms in total. The second kappa shape index (κ2) is 1.95. The quantitative estimate of drug-likeness (QED) is 0.557. The Balaban J connectivity index is 2.91. The Morgan fingerprint density at radius 3 is 3.09 bits per heavy atom. The van der Waals surface area contributed by atoms with Crippen molar-refractivity contribution in [3.05, 3.63) is 24.1 Å². The zero-order chi connectivity index (χ0) is 7.84. The van der Waals surface area contributed by atoms with E-state index < -0.39 is 0 Å². The van der Waals surface area contributed by atoms with Gasteiger partial charge in [0.15, 0.2) is 0 Å². The van der Waals surface area contributed by atoms with Crippen LogP contribution in [0.3, 0.4) is 0 Å².